The van der Waals surface area contributed by atoms with E-state index in [0.717, 1.165) is 5.56 Å². The van der Waals surface area contributed by atoms with Crippen LogP contribution in [0, 0.1) is 6.92 Å². The lowest BCUT2D eigenvalue weighted by Crippen LogP contribution is -2.07. The maximum Gasteiger partial charge on any atom is 0.431 e. The van der Waals surface area contributed by atoms with Crippen LogP contribution in [-0.2, 0) is 6.18 Å². The van der Waals surface area contributed by atoms with Crippen LogP contribution >= 0.6 is 0 Å². The van der Waals surface area contributed by atoms with Gasteiger partial charge in [0.2, 0.25) is 0 Å². The number of H-pyrrole nitrogens is 1. The zero-order valence-corrected chi connectivity index (χ0v) is 10.8. The number of hydrogen-bond donors (Lipinski definition) is 1. The van der Waals surface area contributed by atoms with E-state index in [9.17, 15) is 13.2 Å². The number of aromatic nitrogens is 1. The normalized spacial score (nSPS) is 12.0. The predicted molar refractivity (Wildman–Crippen MR) is 73.5 cm³/mol. The third-order valence-corrected chi connectivity index (χ3v) is 3.30. The molecule has 0 radical (unpaired) electrons. The Morgan fingerprint density at radius 1 is 0.950 bits per heavy atom. The van der Waals surface area contributed by atoms with Gasteiger partial charge in [0.25, 0.3) is 0 Å². The lowest BCUT2D eigenvalue weighted by atomic mass is 10.0. The van der Waals surface area contributed by atoms with Crippen molar-refractivity contribution in [2.24, 2.45) is 0 Å². The van der Waals surface area contributed by atoms with Crippen molar-refractivity contribution in [3.05, 3.63) is 59.8 Å². The average molecular weight is 275 g/mol. The highest BCUT2D eigenvalue weighted by Gasteiger charge is 2.36. The minimum absolute atomic E-state index is 0.219. The van der Waals surface area contributed by atoms with Gasteiger partial charge in [-0.2, -0.15) is 13.2 Å². The summed E-state index contributed by atoms with van der Waals surface area (Å²) in [5.74, 6) is 0. The Hall–Kier alpha value is -2.23. The van der Waals surface area contributed by atoms with Crippen molar-refractivity contribution < 1.29 is 13.2 Å². The van der Waals surface area contributed by atoms with Gasteiger partial charge >= 0.3 is 6.18 Å². The molecule has 4 heteroatoms. The lowest BCUT2D eigenvalue weighted by molar-refractivity contribution is -0.140. The summed E-state index contributed by atoms with van der Waals surface area (Å²) in [5, 5.41) is 0.600. The summed E-state index contributed by atoms with van der Waals surface area (Å²) in [6.45, 7) is 1.87. The molecule has 0 aliphatic rings. The lowest BCUT2D eigenvalue weighted by Gasteiger charge is -2.08. The van der Waals surface area contributed by atoms with Crippen LogP contribution in [0.25, 0.3) is 22.0 Å². The van der Waals surface area contributed by atoms with E-state index < -0.39 is 11.9 Å². The van der Waals surface area contributed by atoms with Crippen LogP contribution in [0.4, 0.5) is 13.2 Å². The molecule has 1 aromatic heterocycles. The van der Waals surface area contributed by atoms with Crippen LogP contribution in [0.2, 0.25) is 0 Å². The second-order valence-electron chi connectivity index (χ2n) is 4.79. The maximum absolute atomic E-state index is 13.2. The number of alkyl halides is 3. The third kappa shape index (κ3) is 2.07. The predicted octanol–water partition coefficient (Wildman–Crippen LogP) is 5.16. The van der Waals surface area contributed by atoms with Gasteiger partial charge in [-0.25, -0.2) is 0 Å². The highest BCUT2D eigenvalue weighted by Crippen LogP contribution is 2.41. The summed E-state index contributed by atoms with van der Waals surface area (Å²) in [6, 6.07) is 13.9. The summed E-state index contributed by atoms with van der Waals surface area (Å²) < 4.78 is 39.7. The Bertz CT molecular complexity index is 754. The Balaban J connectivity index is 2.40. The minimum Gasteiger partial charge on any atom is -0.350 e. The van der Waals surface area contributed by atoms with Gasteiger partial charge in [-0.15, -0.1) is 0 Å². The molecule has 0 bridgehead atoms. The van der Waals surface area contributed by atoms with E-state index in [1.54, 1.807) is 48.5 Å². The molecule has 0 atom stereocenters. The van der Waals surface area contributed by atoms with E-state index >= 15 is 0 Å². The molecule has 102 valence electrons. The van der Waals surface area contributed by atoms with Gasteiger partial charge in [0.15, 0.2) is 0 Å². The molecule has 3 rings (SSSR count). The standard InChI is InChI=1S/C16H12F3N/c1-10-7-8-13-12(9-10)14(11-5-3-2-4-6-11)15(20-13)16(17,18)19/h2-9,20H,1H3. The van der Waals surface area contributed by atoms with E-state index in [1.807, 2.05) is 6.92 Å². The first-order valence-corrected chi connectivity index (χ1v) is 6.22. The molecule has 1 nitrogen and oxygen atoms in total. The van der Waals surface area contributed by atoms with Crippen LogP contribution in [-0.4, -0.2) is 4.98 Å². The highest BCUT2D eigenvalue weighted by molar-refractivity contribution is 5.98. The Morgan fingerprint density at radius 3 is 2.30 bits per heavy atom. The third-order valence-electron chi connectivity index (χ3n) is 3.30. The van der Waals surface area contributed by atoms with Crippen LogP contribution in [0.15, 0.2) is 48.5 Å². The zero-order chi connectivity index (χ0) is 14.3. The zero-order valence-electron chi connectivity index (χ0n) is 10.8. The SMILES string of the molecule is Cc1ccc2[nH]c(C(F)(F)F)c(-c3ccccc3)c2c1. The first kappa shape index (κ1) is 12.8. The molecule has 0 fully saturated rings. The summed E-state index contributed by atoms with van der Waals surface area (Å²) in [6.07, 6.45) is -4.40. The van der Waals surface area contributed by atoms with Crippen molar-refractivity contribution >= 4 is 10.9 Å². The van der Waals surface area contributed by atoms with Crippen LogP contribution in [0.3, 0.4) is 0 Å². The number of aromatic amines is 1. The molecule has 1 N–H and O–H groups in total. The molecular formula is C16H12F3N. The van der Waals surface area contributed by atoms with Gasteiger partial charge in [-0.05, 0) is 24.6 Å². The van der Waals surface area contributed by atoms with Crippen molar-refractivity contribution in [2.45, 2.75) is 13.1 Å². The van der Waals surface area contributed by atoms with E-state index in [0.29, 0.717) is 16.5 Å². The highest BCUT2D eigenvalue weighted by atomic mass is 19.4. The van der Waals surface area contributed by atoms with Gasteiger partial charge in [0, 0.05) is 16.5 Å². The van der Waals surface area contributed by atoms with Crippen molar-refractivity contribution in [2.75, 3.05) is 0 Å². The second kappa shape index (κ2) is 4.40. The van der Waals surface area contributed by atoms with Crippen LogP contribution < -0.4 is 0 Å². The number of nitrogens with one attached hydrogen (secondary N) is 1. The maximum atomic E-state index is 13.2. The molecule has 0 saturated heterocycles. The second-order valence-corrected chi connectivity index (χ2v) is 4.79. The molecule has 3 aromatic rings. The molecule has 20 heavy (non-hydrogen) atoms. The first-order valence-electron chi connectivity index (χ1n) is 6.22. The quantitative estimate of drug-likeness (QED) is 0.631. The fourth-order valence-electron chi connectivity index (χ4n) is 2.42. The number of hydrogen-bond acceptors (Lipinski definition) is 0. The average Bonchev–Trinajstić information content (AvgIpc) is 2.78. The van der Waals surface area contributed by atoms with E-state index in [-0.39, 0.29) is 5.56 Å². The minimum atomic E-state index is -4.40. The van der Waals surface area contributed by atoms with Crippen LogP contribution in [0.5, 0.6) is 0 Å². The summed E-state index contributed by atoms with van der Waals surface area (Å²) in [4.78, 5) is 2.50. The Labute approximate surface area is 114 Å². The summed E-state index contributed by atoms with van der Waals surface area (Å²) in [7, 11) is 0. The molecule has 0 spiro atoms. The first-order chi connectivity index (χ1) is 9.47. The van der Waals surface area contributed by atoms with Gasteiger partial charge in [0.1, 0.15) is 5.69 Å². The molecule has 0 aliphatic heterocycles. The smallest absolute Gasteiger partial charge is 0.350 e. The van der Waals surface area contributed by atoms with Crippen molar-refractivity contribution in [3.63, 3.8) is 0 Å². The van der Waals surface area contributed by atoms with E-state index in [4.69, 9.17) is 0 Å². The fourth-order valence-corrected chi connectivity index (χ4v) is 2.42. The number of rotatable bonds is 1. The fraction of sp³-hybridized carbons (Fsp3) is 0.125. The molecular weight excluding hydrogens is 263 g/mol. The van der Waals surface area contributed by atoms with Crippen molar-refractivity contribution in [3.8, 4) is 11.1 Å². The molecule has 2 aromatic carbocycles. The number of aryl methyl sites for hydroxylation is 1. The van der Waals surface area contributed by atoms with E-state index in [2.05, 4.69) is 4.98 Å². The molecule has 0 aliphatic carbocycles. The van der Waals surface area contributed by atoms with Crippen molar-refractivity contribution in [1.29, 1.82) is 0 Å². The van der Waals surface area contributed by atoms with E-state index in [1.165, 1.54) is 0 Å². The molecule has 1 heterocycles. The number of benzene rings is 2. The Morgan fingerprint density at radius 2 is 1.65 bits per heavy atom. The molecule has 0 unspecified atom stereocenters. The summed E-state index contributed by atoms with van der Waals surface area (Å²) in [5.41, 5.74) is 1.53. The molecule has 0 amide bonds. The Kier molecular flexibility index (Phi) is 2.82. The van der Waals surface area contributed by atoms with Gasteiger partial charge in [0.05, 0.1) is 0 Å². The topological polar surface area (TPSA) is 15.8 Å². The monoisotopic (exact) mass is 275 g/mol. The number of halogens is 3. The van der Waals surface area contributed by atoms with Gasteiger partial charge < -0.3 is 4.98 Å². The number of fused-ring (bicyclic) bond motifs is 1. The van der Waals surface area contributed by atoms with Crippen LogP contribution in [0.1, 0.15) is 11.3 Å². The largest absolute Gasteiger partial charge is 0.431 e. The van der Waals surface area contributed by atoms with Crippen molar-refractivity contribution in [1.82, 2.24) is 4.98 Å². The molecule has 0 saturated carbocycles. The van der Waals surface area contributed by atoms with Gasteiger partial charge in [-0.1, -0.05) is 42.0 Å². The van der Waals surface area contributed by atoms with Gasteiger partial charge in [-0.3, -0.25) is 0 Å². The summed E-state index contributed by atoms with van der Waals surface area (Å²) >= 11 is 0.